The second-order valence-corrected chi connectivity index (χ2v) is 8.17. The lowest BCUT2D eigenvalue weighted by molar-refractivity contribution is -0.133. The number of carbonyl (C=O) groups excluding carboxylic acids is 3. The molecule has 3 amide bonds. The zero-order valence-corrected chi connectivity index (χ0v) is 17.0. The third kappa shape index (κ3) is 4.61. The van der Waals surface area contributed by atoms with Crippen molar-refractivity contribution < 1.29 is 14.4 Å². The summed E-state index contributed by atoms with van der Waals surface area (Å²) in [4.78, 5) is 45.2. The van der Waals surface area contributed by atoms with Crippen molar-refractivity contribution in [1.82, 2.24) is 14.7 Å². The summed E-state index contributed by atoms with van der Waals surface area (Å²) in [7, 11) is 0. The van der Waals surface area contributed by atoms with Crippen LogP contribution in [0.3, 0.4) is 0 Å². The molecule has 3 aliphatic rings. The van der Waals surface area contributed by atoms with Gasteiger partial charge in [0.15, 0.2) is 0 Å². The summed E-state index contributed by atoms with van der Waals surface area (Å²) in [6.07, 6.45) is 4.49. The summed E-state index contributed by atoms with van der Waals surface area (Å²) in [6.45, 7) is 6.08. The molecular weight excluding hydrogens is 368 g/mol. The fourth-order valence-corrected chi connectivity index (χ4v) is 4.49. The fraction of sp³-hybridized carbons (Fsp3) is 0.591. The molecule has 0 saturated carbocycles. The third-order valence-corrected chi connectivity index (χ3v) is 6.24. The minimum Gasteiger partial charge on any atom is -0.339 e. The van der Waals surface area contributed by atoms with E-state index in [-0.39, 0.29) is 17.7 Å². The molecule has 7 nitrogen and oxygen atoms in total. The molecule has 0 bridgehead atoms. The average molecular weight is 399 g/mol. The summed E-state index contributed by atoms with van der Waals surface area (Å²) < 4.78 is 0. The number of carbonyl (C=O) groups is 3. The Morgan fingerprint density at radius 2 is 1.59 bits per heavy atom. The van der Waals surface area contributed by atoms with Gasteiger partial charge in [0.2, 0.25) is 11.8 Å². The molecule has 3 heterocycles. The van der Waals surface area contributed by atoms with Crippen molar-refractivity contribution in [2.24, 2.45) is 0 Å². The van der Waals surface area contributed by atoms with Crippen LogP contribution in [0.5, 0.6) is 0 Å². The van der Waals surface area contributed by atoms with Crippen LogP contribution in [0.25, 0.3) is 0 Å². The van der Waals surface area contributed by atoms with Gasteiger partial charge >= 0.3 is 0 Å². The van der Waals surface area contributed by atoms with Crippen molar-refractivity contribution >= 4 is 23.4 Å². The first kappa shape index (κ1) is 19.9. The Bertz CT molecular complexity index is 767. The first-order valence-electron chi connectivity index (χ1n) is 10.8. The van der Waals surface area contributed by atoms with E-state index in [1.54, 1.807) is 11.0 Å². The minimum absolute atomic E-state index is 0.0253. The number of likely N-dealkylation sites (tertiary alicyclic amines) is 1. The van der Waals surface area contributed by atoms with Gasteiger partial charge in [0.1, 0.15) is 0 Å². The molecule has 3 aliphatic heterocycles. The molecule has 0 aliphatic carbocycles. The summed E-state index contributed by atoms with van der Waals surface area (Å²) in [5.41, 5.74) is 1.41. The maximum Gasteiger partial charge on any atom is 0.254 e. The number of nitrogens with zero attached hydrogens (tertiary/aromatic N) is 4. The van der Waals surface area contributed by atoms with Gasteiger partial charge in [0.05, 0.1) is 0 Å². The molecule has 3 fully saturated rings. The normalized spacial score (nSPS) is 20.6. The fourth-order valence-electron chi connectivity index (χ4n) is 4.49. The zero-order valence-electron chi connectivity index (χ0n) is 17.0. The second-order valence-electron chi connectivity index (χ2n) is 8.17. The van der Waals surface area contributed by atoms with Gasteiger partial charge in [-0.3, -0.25) is 14.4 Å². The Hall–Kier alpha value is -2.41. The van der Waals surface area contributed by atoms with Crippen molar-refractivity contribution in [3.05, 3.63) is 29.8 Å². The number of anilines is 1. The molecule has 3 saturated heterocycles. The van der Waals surface area contributed by atoms with Crippen molar-refractivity contribution in [1.29, 1.82) is 0 Å². The van der Waals surface area contributed by atoms with Gasteiger partial charge in [-0.1, -0.05) is 6.07 Å². The first-order valence-corrected chi connectivity index (χ1v) is 10.8. The molecular formula is C22H30N4O3. The average Bonchev–Trinajstić information content (AvgIpc) is 3.43. The highest BCUT2D eigenvalue weighted by Gasteiger charge is 2.27. The summed E-state index contributed by atoms with van der Waals surface area (Å²) in [5, 5.41) is 0. The summed E-state index contributed by atoms with van der Waals surface area (Å²) in [5.74, 6) is 0.289. The molecule has 156 valence electrons. The van der Waals surface area contributed by atoms with Gasteiger partial charge < -0.3 is 19.6 Å². The van der Waals surface area contributed by atoms with Crippen LogP contribution in [0.2, 0.25) is 0 Å². The minimum atomic E-state index is -0.0253. The molecule has 0 N–H and O–H groups in total. The number of hydrogen-bond donors (Lipinski definition) is 0. The molecule has 0 unspecified atom stereocenters. The van der Waals surface area contributed by atoms with E-state index in [1.807, 2.05) is 28.0 Å². The van der Waals surface area contributed by atoms with Gasteiger partial charge in [-0.25, -0.2) is 0 Å². The van der Waals surface area contributed by atoms with Crippen LogP contribution in [0.1, 0.15) is 42.5 Å². The molecule has 1 aromatic rings. The van der Waals surface area contributed by atoms with E-state index in [9.17, 15) is 14.4 Å². The lowest BCUT2D eigenvalue weighted by Gasteiger charge is -2.35. The number of amides is 3. The summed E-state index contributed by atoms with van der Waals surface area (Å²) >= 11 is 0. The number of rotatable bonds is 5. The Kier molecular flexibility index (Phi) is 6.13. The lowest BCUT2D eigenvalue weighted by Crippen LogP contribution is -2.51. The molecule has 0 atom stereocenters. The molecule has 4 rings (SSSR count). The predicted octanol–water partition coefficient (Wildman–Crippen LogP) is 1.58. The van der Waals surface area contributed by atoms with E-state index in [2.05, 4.69) is 4.90 Å². The maximum absolute atomic E-state index is 12.9. The van der Waals surface area contributed by atoms with Crippen LogP contribution < -0.4 is 4.90 Å². The summed E-state index contributed by atoms with van der Waals surface area (Å²) in [6, 6.07) is 7.35. The monoisotopic (exact) mass is 398 g/mol. The van der Waals surface area contributed by atoms with Crippen LogP contribution in [0.15, 0.2) is 24.3 Å². The highest BCUT2D eigenvalue weighted by molar-refractivity contribution is 5.99. The van der Waals surface area contributed by atoms with Crippen LogP contribution in [-0.4, -0.2) is 84.8 Å². The standard InChI is InChI=1S/C22H30N4O3/c27-20(8-12-23-9-1-2-10-23)24-13-15-25(16-14-24)22(29)18-5-3-6-19(17-18)26-11-4-7-21(26)28/h3,5-6,17H,1-2,4,7-16H2. The van der Waals surface area contributed by atoms with Crippen molar-refractivity contribution in [3.8, 4) is 0 Å². The smallest absolute Gasteiger partial charge is 0.254 e. The number of hydrogen-bond acceptors (Lipinski definition) is 4. The van der Waals surface area contributed by atoms with E-state index in [0.717, 1.165) is 31.7 Å². The van der Waals surface area contributed by atoms with Crippen LogP contribution in [-0.2, 0) is 9.59 Å². The maximum atomic E-state index is 12.9. The third-order valence-electron chi connectivity index (χ3n) is 6.24. The first-order chi connectivity index (χ1) is 14.1. The van der Waals surface area contributed by atoms with Gasteiger partial charge in [-0.2, -0.15) is 0 Å². The molecule has 1 aromatic carbocycles. The lowest BCUT2D eigenvalue weighted by atomic mass is 10.1. The van der Waals surface area contributed by atoms with Crippen LogP contribution >= 0.6 is 0 Å². The number of piperazine rings is 1. The van der Waals surface area contributed by atoms with Gasteiger partial charge in [0.25, 0.3) is 5.91 Å². The van der Waals surface area contributed by atoms with Gasteiger partial charge in [0, 0.05) is 63.4 Å². The van der Waals surface area contributed by atoms with E-state index in [0.29, 0.717) is 51.1 Å². The highest BCUT2D eigenvalue weighted by atomic mass is 16.2. The SMILES string of the molecule is O=C(CCN1CCCC1)N1CCN(C(=O)c2cccc(N3CCCC3=O)c2)CC1. The quantitative estimate of drug-likeness (QED) is 0.756. The predicted molar refractivity (Wildman–Crippen MR) is 111 cm³/mol. The van der Waals surface area contributed by atoms with E-state index < -0.39 is 0 Å². The molecule has 0 radical (unpaired) electrons. The van der Waals surface area contributed by atoms with Crippen molar-refractivity contribution in [2.75, 3.05) is 57.3 Å². The van der Waals surface area contributed by atoms with Gasteiger partial charge in [-0.15, -0.1) is 0 Å². The number of benzene rings is 1. The topological polar surface area (TPSA) is 64.2 Å². The van der Waals surface area contributed by atoms with Crippen LogP contribution in [0.4, 0.5) is 5.69 Å². The van der Waals surface area contributed by atoms with Crippen molar-refractivity contribution in [3.63, 3.8) is 0 Å². The Morgan fingerprint density at radius 1 is 0.862 bits per heavy atom. The van der Waals surface area contributed by atoms with Crippen LogP contribution in [0, 0.1) is 0 Å². The Morgan fingerprint density at radius 3 is 2.28 bits per heavy atom. The van der Waals surface area contributed by atoms with E-state index in [1.165, 1.54) is 12.8 Å². The molecule has 0 spiro atoms. The molecule has 7 heteroatoms. The molecule has 0 aromatic heterocycles. The Labute approximate surface area is 172 Å². The zero-order chi connectivity index (χ0) is 20.2. The molecule has 29 heavy (non-hydrogen) atoms. The van der Waals surface area contributed by atoms with E-state index >= 15 is 0 Å². The van der Waals surface area contributed by atoms with Crippen molar-refractivity contribution in [2.45, 2.75) is 32.1 Å². The van der Waals surface area contributed by atoms with E-state index in [4.69, 9.17) is 0 Å². The van der Waals surface area contributed by atoms with Gasteiger partial charge in [-0.05, 0) is 50.6 Å². The largest absolute Gasteiger partial charge is 0.339 e. The highest BCUT2D eigenvalue weighted by Crippen LogP contribution is 2.23. The Balaban J connectivity index is 1.29. The second kappa shape index (κ2) is 8.95.